The number of carbonyl (C=O) groups excluding carboxylic acids is 1. The summed E-state index contributed by atoms with van der Waals surface area (Å²) in [5, 5.41) is 10.7. The van der Waals surface area contributed by atoms with Gasteiger partial charge >= 0.3 is 0 Å². The van der Waals surface area contributed by atoms with Crippen LogP contribution in [-0.4, -0.2) is 46.9 Å². The third kappa shape index (κ3) is 3.83. The highest BCUT2D eigenvalue weighted by Gasteiger charge is 2.27. The second-order valence-electron chi connectivity index (χ2n) is 6.63. The largest absolute Gasteiger partial charge is 0.355 e. The van der Waals surface area contributed by atoms with E-state index < -0.39 is 4.92 Å². The van der Waals surface area contributed by atoms with E-state index >= 15 is 0 Å². The van der Waals surface area contributed by atoms with Gasteiger partial charge in [0.05, 0.1) is 4.92 Å². The Kier molecular flexibility index (Phi) is 5.27. The Morgan fingerprint density at radius 1 is 1.08 bits per heavy atom. The van der Waals surface area contributed by atoms with Crippen LogP contribution in [0.2, 0.25) is 0 Å². The van der Waals surface area contributed by atoms with Crippen LogP contribution in [-0.2, 0) is 4.79 Å². The lowest BCUT2D eigenvalue weighted by molar-refractivity contribution is -0.385. The average molecular weight is 332 g/mol. The van der Waals surface area contributed by atoms with Gasteiger partial charge in [-0.05, 0) is 25.3 Å². The molecule has 3 rings (SSSR count). The molecule has 0 aromatic carbocycles. The molecule has 24 heavy (non-hydrogen) atoms. The molecule has 7 nitrogen and oxygen atoms in total. The molecule has 0 atom stereocenters. The number of pyridine rings is 1. The molecular formula is C17H24N4O3. The van der Waals surface area contributed by atoms with Gasteiger partial charge in [0.25, 0.3) is 5.69 Å². The van der Waals surface area contributed by atoms with Crippen molar-refractivity contribution >= 4 is 17.4 Å². The highest BCUT2D eigenvalue weighted by molar-refractivity contribution is 5.79. The zero-order valence-corrected chi connectivity index (χ0v) is 13.9. The van der Waals surface area contributed by atoms with Gasteiger partial charge in [0.15, 0.2) is 0 Å². The summed E-state index contributed by atoms with van der Waals surface area (Å²) in [6, 6.07) is 3.18. The molecule has 2 fully saturated rings. The summed E-state index contributed by atoms with van der Waals surface area (Å²) in [5.74, 6) is 1.27. The normalized spacial score (nSPS) is 19.8. The Labute approximate surface area is 141 Å². The fraction of sp³-hybridized carbons (Fsp3) is 0.647. The number of hydrogen-bond donors (Lipinski definition) is 0. The quantitative estimate of drug-likeness (QED) is 0.628. The maximum Gasteiger partial charge on any atom is 0.287 e. The van der Waals surface area contributed by atoms with Gasteiger partial charge < -0.3 is 9.80 Å². The lowest BCUT2D eigenvalue weighted by Gasteiger charge is -2.28. The molecule has 130 valence electrons. The SMILES string of the molecule is O=C(C1CCCCC1)N1CCCN(c2ccc([N+](=O)[O-])cn2)CC1. The van der Waals surface area contributed by atoms with Gasteiger partial charge in [-0.2, -0.15) is 0 Å². The molecule has 1 saturated carbocycles. The average Bonchev–Trinajstić information content (AvgIpc) is 2.88. The second-order valence-corrected chi connectivity index (χ2v) is 6.63. The van der Waals surface area contributed by atoms with Crippen molar-refractivity contribution < 1.29 is 9.72 Å². The summed E-state index contributed by atoms with van der Waals surface area (Å²) < 4.78 is 0. The summed E-state index contributed by atoms with van der Waals surface area (Å²) in [6.45, 7) is 3.04. The number of anilines is 1. The molecule has 0 radical (unpaired) electrons. The monoisotopic (exact) mass is 332 g/mol. The molecule has 1 aliphatic carbocycles. The highest BCUT2D eigenvalue weighted by atomic mass is 16.6. The van der Waals surface area contributed by atoms with Crippen molar-refractivity contribution in [3.63, 3.8) is 0 Å². The predicted octanol–water partition coefficient (Wildman–Crippen LogP) is 2.61. The van der Waals surface area contributed by atoms with Crippen LogP contribution in [0, 0.1) is 16.0 Å². The lowest BCUT2D eigenvalue weighted by Crippen LogP contribution is -2.39. The molecule has 1 aliphatic heterocycles. The van der Waals surface area contributed by atoms with E-state index in [4.69, 9.17) is 0 Å². The molecule has 0 N–H and O–H groups in total. The predicted molar refractivity (Wildman–Crippen MR) is 90.9 cm³/mol. The minimum absolute atomic E-state index is 0.00248. The molecule has 1 amide bonds. The van der Waals surface area contributed by atoms with E-state index in [0.717, 1.165) is 44.7 Å². The Morgan fingerprint density at radius 2 is 1.88 bits per heavy atom. The molecule has 1 aromatic rings. The zero-order valence-electron chi connectivity index (χ0n) is 13.9. The van der Waals surface area contributed by atoms with Crippen molar-refractivity contribution in [2.45, 2.75) is 38.5 Å². The van der Waals surface area contributed by atoms with Crippen LogP contribution in [0.3, 0.4) is 0 Å². The standard InChI is InChI=1S/C17H24N4O3/c22-17(14-5-2-1-3-6-14)20-10-4-9-19(11-12-20)16-8-7-15(13-18-16)21(23)24/h7-8,13-14H,1-6,9-12H2. The van der Waals surface area contributed by atoms with E-state index in [1.165, 1.54) is 31.5 Å². The van der Waals surface area contributed by atoms with Crippen molar-refractivity contribution in [1.29, 1.82) is 0 Å². The first-order valence-electron chi connectivity index (χ1n) is 8.79. The van der Waals surface area contributed by atoms with Crippen molar-refractivity contribution in [3.8, 4) is 0 Å². The molecule has 0 bridgehead atoms. The van der Waals surface area contributed by atoms with Gasteiger partial charge in [-0.25, -0.2) is 4.98 Å². The van der Waals surface area contributed by atoms with Gasteiger partial charge in [-0.15, -0.1) is 0 Å². The fourth-order valence-electron chi connectivity index (χ4n) is 3.65. The molecule has 0 spiro atoms. The number of carbonyl (C=O) groups is 1. The van der Waals surface area contributed by atoms with Gasteiger partial charge in [-0.1, -0.05) is 19.3 Å². The third-order valence-electron chi connectivity index (χ3n) is 5.03. The maximum absolute atomic E-state index is 12.7. The zero-order chi connectivity index (χ0) is 16.9. The van der Waals surface area contributed by atoms with Crippen LogP contribution in [0.15, 0.2) is 18.3 Å². The molecule has 2 heterocycles. The summed E-state index contributed by atoms with van der Waals surface area (Å²) >= 11 is 0. The highest BCUT2D eigenvalue weighted by Crippen LogP contribution is 2.26. The molecule has 2 aliphatic rings. The van der Waals surface area contributed by atoms with E-state index in [1.807, 2.05) is 4.90 Å². The minimum atomic E-state index is -0.441. The van der Waals surface area contributed by atoms with Crippen molar-refractivity contribution in [2.75, 3.05) is 31.1 Å². The topological polar surface area (TPSA) is 79.6 Å². The number of rotatable bonds is 3. The van der Waals surface area contributed by atoms with Gasteiger partial charge in [0, 0.05) is 38.2 Å². The Morgan fingerprint density at radius 3 is 2.54 bits per heavy atom. The minimum Gasteiger partial charge on any atom is -0.355 e. The van der Waals surface area contributed by atoms with Crippen LogP contribution in [0.25, 0.3) is 0 Å². The Hall–Kier alpha value is -2.18. The Balaban J connectivity index is 1.60. The van der Waals surface area contributed by atoms with E-state index in [-0.39, 0.29) is 11.6 Å². The fourth-order valence-corrected chi connectivity index (χ4v) is 3.65. The molecule has 0 unspecified atom stereocenters. The summed E-state index contributed by atoms with van der Waals surface area (Å²) in [6.07, 6.45) is 7.85. The number of hydrogen-bond acceptors (Lipinski definition) is 5. The summed E-state index contributed by atoms with van der Waals surface area (Å²) in [7, 11) is 0. The van der Waals surface area contributed by atoms with Crippen molar-refractivity contribution in [3.05, 3.63) is 28.4 Å². The van der Waals surface area contributed by atoms with Gasteiger partial charge in [0.2, 0.25) is 5.91 Å². The summed E-state index contributed by atoms with van der Waals surface area (Å²) in [4.78, 5) is 31.3. The third-order valence-corrected chi connectivity index (χ3v) is 5.03. The van der Waals surface area contributed by atoms with E-state index in [9.17, 15) is 14.9 Å². The van der Waals surface area contributed by atoms with Crippen LogP contribution in [0.1, 0.15) is 38.5 Å². The van der Waals surface area contributed by atoms with E-state index in [2.05, 4.69) is 9.88 Å². The first-order valence-corrected chi connectivity index (χ1v) is 8.79. The summed E-state index contributed by atoms with van der Waals surface area (Å²) in [5.41, 5.74) is 0.00248. The molecule has 1 saturated heterocycles. The smallest absolute Gasteiger partial charge is 0.287 e. The molecule has 7 heteroatoms. The van der Waals surface area contributed by atoms with Crippen LogP contribution >= 0.6 is 0 Å². The van der Waals surface area contributed by atoms with Crippen LogP contribution in [0.5, 0.6) is 0 Å². The van der Waals surface area contributed by atoms with Crippen molar-refractivity contribution in [1.82, 2.24) is 9.88 Å². The maximum atomic E-state index is 12.7. The van der Waals surface area contributed by atoms with Gasteiger partial charge in [0.1, 0.15) is 12.0 Å². The number of amides is 1. The Bertz CT molecular complexity index is 584. The number of aromatic nitrogens is 1. The van der Waals surface area contributed by atoms with Crippen LogP contribution < -0.4 is 4.90 Å². The lowest BCUT2D eigenvalue weighted by atomic mass is 9.88. The number of nitro groups is 1. The van der Waals surface area contributed by atoms with Gasteiger partial charge in [-0.3, -0.25) is 14.9 Å². The van der Waals surface area contributed by atoms with Crippen LogP contribution in [0.4, 0.5) is 11.5 Å². The first kappa shape index (κ1) is 16.7. The van der Waals surface area contributed by atoms with Crippen molar-refractivity contribution in [2.24, 2.45) is 5.92 Å². The number of nitrogens with zero attached hydrogens (tertiary/aromatic N) is 4. The molecule has 1 aromatic heterocycles. The second kappa shape index (κ2) is 7.59. The van der Waals surface area contributed by atoms with E-state index in [0.29, 0.717) is 12.5 Å². The first-order chi connectivity index (χ1) is 11.6. The molecular weight excluding hydrogens is 308 g/mol. The van der Waals surface area contributed by atoms with E-state index in [1.54, 1.807) is 6.07 Å².